The molecular weight excluding hydrogens is 554 g/mol. The fraction of sp³-hybridized carbons (Fsp3) is 0.833. The molecule has 2 fully saturated rings. The zero-order valence-corrected chi connectivity index (χ0v) is 26.5. The molecule has 0 aromatic heterocycles. The number of amides is 2. The predicted molar refractivity (Wildman–Crippen MR) is 164 cm³/mol. The molecule has 43 heavy (non-hydrogen) atoms. The molecule has 0 bridgehead atoms. The molecular formula is C30H53N7O6. The highest BCUT2D eigenvalue weighted by Gasteiger charge is 2.43. The van der Waals surface area contributed by atoms with E-state index in [1.165, 1.54) is 0 Å². The van der Waals surface area contributed by atoms with Crippen molar-refractivity contribution in [2.45, 2.75) is 123 Å². The Morgan fingerprint density at radius 3 is 2.26 bits per heavy atom. The fourth-order valence-corrected chi connectivity index (χ4v) is 6.15. The maximum absolute atomic E-state index is 13.8. The Morgan fingerprint density at radius 1 is 0.977 bits per heavy atom. The van der Waals surface area contributed by atoms with Gasteiger partial charge in [-0.2, -0.15) is 0 Å². The summed E-state index contributed by atoms with van der Waals surface area (Å²) in [5, 5.41) is 15.2. The van der Waals surface area contributed by atoms with Crippen molar-refractivity contribution in [2.24, 2.45) is 34.3 Å². The normalized spacial score (nSPS) is 21.1. The van der Waals surface area contributed by atoms with Crippen LogP contribution in [0.15, 0.2) is 5.10 Å². The lowest BCUT2D eigenvalue weighted by Gasteiger charge is -2.33. The lowest BCUT2D eigenvalue weighted by molar-refractivity contribution is -0.485. The zero-order valence-electron chi connectivity index (χ0n) is 26.5. The number of nitro groups is 1. The van der Waals surface area contributed by atoms with E-state index in [0.717, 1.165) is 25.7 Å². The molecule has 0 spiro atoms. The number of Topliss-reactive ketones (excluding diaryl/α,β-unsaturated/α-hetero) is 2. The second kappa shape index (κ2) is 17.9. The number of carbonyl (C=O) groups excluding carboxylic acids is 4. The molecule has 2 heterocycles. The van der Waals surface area contributed by atoms with E-state index in [1.807, 2.05) is 20.8 Å². The number of rotatable bonds is 18. The van der Waals surface area contributed by atoms with Crippen LogP contribution in [0.1, 0.15) is 105 Å². The van der Waals surface area contributed by atoms with Crippen LogP contribution in [-0.4, -0.2) is 81.9 Å². The monoisotopic (exact) mass is 607 g/mol. The summed E-state index contributed by atoms with van der Waals surface area (Å²) < 4.78 is 0. The maximum atomic E-state index is 13.8. The molecule has 0 aliphatic carbocycles. The summed E-state index contributed by atoms with van der Waals surface area (Å²) in [5.41, 5.74) is 11.5. The number of carbonyl (C=O) groups is 4. The molecule has 2 rings (SSSR count). The van der Waals surface area contributed by atoms with Crippen LogP contribution in [0, 0.1) is 27.9 Å². The second-order valence-corrected chi connectivity index (χ2v) is 12.6. The molecule has 2 aliphatic heterocycles. The van der Waals surface area contributed by atoms with E-state index in [9.17, 15) is 29.3 Å². The molecule has 5 N–H and O–H groups in total. The van der Waals surface area contributed by atoms with E-state index in [1.54, 1.807) is 9.80 Å². The summed E-state index contributed by atoms with van der Waals surface area (Å²) >= 11 is 0. The Kier molecular flexibility index (Phi) is 15.0. The summed E-state index contributed by atoms with van der Waals surface area (Å²) in [6.45, 7) is 9.20. The standard InChI is InChI=1S/C30H53N7O6/c1-5-6-7-12-22(19-26(39)27(31)20(2)3)28(40)36-17-10-14-24(36)29(41)35-16-9-13-23(35)25(38)18-21(4)11-8-15-33-30(32)34-37(42)43/h20-24,27H,5-19,31H2,1-4H3,(H3,32,33,34). The molecule has 5 unspecified atom stereocenters. The van der Waals surface area contributed by atoms with Crippen LogP contribution in [0.3, 0.4) is 0 Å². The minimum Gasteiger partial charge on any atom is -0.365 e. The predicted octanol–water partition coefficient (Wildman–Crippen LogP) is 2.58. The first-order chi connectivity index (χ1) is 20.4. The highest BCUT2D eigenvalue weighted by Crippen LogP contribution is 2.29. The quantitative estimate of drug-likeness (QED) is 0.0690. The highest BCUT2D eigenvalue weighted by molar-refractivity contribution is 5.95. The van der Waals surface area contributed by atoms with Crippen LogP contribution >= 0.6 is 0 Å². The molecule has 0 aromatic rings. The van der Waals surface area contributed by atoms with E-state index < -0.39 is 29.1 Å². The number of guanidine groups is 1. The van der Waals surface area contributed by atoms with E-state index in [-0.39, 0.29) is 47.6 Å². The number of unbranched alkanes of at least 4 members (excludes halogenated alkanes) is 2. The van der Waals surface area contributed by atoms with Crippen molar-refractivity contribution in [3.05, 3.63) is 10.1 Å². The Labute approximate surface area is 255 Å². The molecule has 2 saturated heterocycles. The third-order valence-electron chi connectivity index (χ3n) is 8.69. The number of ketones is 2. The SMILES string of the molecule is CCCCCC(CC(=O)C(N)C(C)C)C(=O)N1CCCC1C(=O)N1CCCC1C(=O)CC(C)CCCN/C(N)=N\[N+](=O)[O-]. The molecule has 0 aromatic carbocycles. The van der Waals surface area contributed by atoms with Crippen LogP contribution in [0.25, 0.3) is 0 Å². The number of hydrogen-bond acceptors (Lipinski definition) is 7. The third-order valence-corrected chi connectivity index (χ3v) is 8.69. The lowest BCUT2D eigenvalue weighted by atomic mass is 9.89. The molecule has 13 nitrogen and oxygen atoms in total. The minimum absolute atomic E-state index is 0.0157. The summed E-state index contributed by atoms with van der Waals surface area (Å²) in [7, 11) is 0. The van der Waals surface area contributed by atoms with Gasteiger partial charge in [-0.05, 0) is 56.8 Å². The Hall–Kier alpha value is -3.09. The smallest absolute Gasteiger partial charge is 0.266 e. The van der Waals surface area contributed by atoms with E-state index in [4.69, 9.17) is 11.5 Å². The van der Waals surface area contributed by atoms with Crippen molar-refractivity contribution < 1.29 is 24.2 Å². The van der Waals surface area contributed by atoms with Gasteiger partial charge in [0.05, 0.1) is 12.1 Å². The summed E-state index contributed by atoms with van der Waals surface area (Å²) in [6.07, 6.45) is 7.75. The molecule has 5 atom stereocenters. The molecule has 2 amide bonds. The third kappa shape index (κ3) is 11.2. The molecule has 0 saturated carbocycles. The first-order valence-electron chi connectivity index (χ1n) is 16.0. The number of hydrazone groups is 1. The molecule has 244 valence electrons. The second-order valence-electron chi connectivity index (χ2n) is 12.6. The number of hydrogen-bond donors (Lipinski definition) is 3. The van der Waals surface area contributed by atoms with Crippen molar-refractivity contribution in [3.8, 4) is 0 Å². The Bertz CT molecular complexity index is 1000. The Balaban J connectivity index is 2.01. The fourth-order valence-electron chi connectivity index (χ4n) is 6.15. The number of nitrogens with two attached hydrogens (primary N) is 2. The summed E-state index contributed by atoms with van der Waals surface area (Å²) in [4.78, 5) is 67.5. The van der Waals surface area contributed by atoms with Crippen molar-refractivity contribution in [1.29, 1.82) is 0 Å². The van der Waals surface area contributed by atoms with Gasteiger partial charge in [0, 0.05) is 38.4 Å². The largest absolute Gasteiger partial charge is 0.365 e. The van der Waals surface area contributed by atoms with E-state index >= 15 is 0 Å². The average molecular weight is 608 g/mol. The van der Waals surface area contributed by atoms with Gasteiger partial charge in [0.2, 0.25) is 11.8 Å². The number of nitrogens with one attached hydrogen (secondary N) is 1. The van der Waals surface area contributed by atoms with Crippen LogP contribution in [-0.2, 0) is 19.2 Å². The van der Waals surface area contributed by atoms with Gasteiger partial charge >= 0.3 is 0 Å². The topological polar surface area (TPSA) is 194 Å². The summed E-state index contributed by atoms with van der Waals surface area (Å²) in [6, 6.07) is -1.73. The van der Waals surface area contributed by atoms with Gasteiger partial charge in [0.1, 0.15) is 11.1 Å². The number of nitrogens with zero attached hydrogens (tertiary/aromatic N) is 4. The van der Waals surface area contributed by atoms with Gasteiger partial charge in [-0.25, -0.2) is 10.1 Å². The van der Waals surface area contributed by atoms with E-state index in [0.29, 0.717) is 64.6 Å². The average Bonchev–Trinajstić information content (AvgIpc) is 3.64. The van der Waals surface area contributed by atoms with Gasteiger partial charge in [-0.3, -0.25) is 19.2 Å². The van der Waals surface area contributed by atoms with Crippen LogP contribution in [0.2, 0.25) is 0 Å². The first-order valence-corrected chi connectivity index (χ1v) is 16.0. The van der Waals surface area contributed by atoms with Crippen molar-refractivity contribution in [1.82, 2.24) is 15.1 Å². The highest BCUT2D eigenvalue weighted by atomic mass is 16.7. The number of likely N-dealkylation sites (tertiary alicyclic amines) is 2. The van der Waals surface area contributed by atoms with Crippen molar-refractivity contribution in [3.63, 3.8) is 0 Å². The maximum Gasteiger partial charge on any atom is 0.266 e. The van der Waals surface area contributed by atoms with Crippen LogP contribution in [0.4, 0.5) is 0 Å². The van der Waals surface area contributed by atoms with Crippen LogP contribution < -0.4 is 16.8 Å². The first kappa shape index (κ1) is 36.1. The van der Waals surface area contributed by atoms with E-state index in [2.05, 4.69) is 17.3 Å². The molecule has 0 radical (unpaired) electrons. The summed E-state index contributed by atoms with van der Waals surface area (Å²) in [5.74, 6) is -1.13. The van der Waals surface area contributed by atoms with Gasteiger partial charge < -0.3 is 26.6 Å². The van der Waals surface area contributed by atoms with Crippen LogP contribution in [0.5, 0.6) is 0 Å². The lowest BCUT2D eigenvalue weighted by Crippen LogP contribution is -2.52. The molecule has 2 aliphatic rings. The van der Waals surface area contributed by atoms with Gasteiger partial charge in [0.15, 0.2) is 16.6 Å². The van der Waals surface area contributed by atoms with Crippen molar-refractivity contribution >= 4 is 29.3 Å². The Morgan fingerprint density at radius 2 is 1.63 bits per heavy atom. The molecule has 13 heteroatoms. The minimum atomic E-state index is -0.865. The van der Waals surface area contributed by atoms with Crippen molar-refractivity contribution in [2.75, 3.05) is 19.6 Å². The van der Waals surface area contributed by atoms with Gasteiger partial charge in [-0.15, -0.1) is 0 Å². The zero-order chi connectivity index (χ0) is 32.1. The van der Waals surface area contributed by atoms with Gasteiger partial charge in [0.25, 0.3) is 5.96 Å². The van der Waals surface area contributed by atoms with Gasteiger partial charge in [-0.1, -0.05) is 47.0 Å².